The molecular formula is C106H160IN7O4S3+4. The molecule has 7 aromatic rings. The summed E-state index contributed by atoms with van der Waals surface area (Å²) in [6, 6.07) is 62.2. The van der Waals surface area contributed by atoms with Crippen LogP contribution >= 0.6 is 0 Å². The van der Waals surface area contributed by atoms with E-state index in [9.17, 15) is 9.59 Å². The van der Waals surface area contributed by atoms with E-state index in [1.807, 2.05) is 72.8 Å². The molecule has 664 valence electrons. The first-order valence-corrected chi connectivity index (χ1v) is 55.1. The van der Waals surface area contributed by atoms with E-state index < -0.39 is 0 Å². The first-order chi connectivity index (χ1) is 59.1. The molecule has 10 fully saturated rings. The monoisotopic (exact) mass is 1820 g/mol. The maximum atomic E-state index is 11.8. The normalized spacial score (nSPS) is 19.8. The molecule has 0 atom stereocenters. The van der Waals surface area contributed by atoms with Gasteiger partial charge < -0.3 is 43.8 Å². The molecular weight excluding hydrogens is 1660 g/mol. The van der Waals surface area contributed by atoms with Crippen LogP contribution in [0.2, 0.25) is 0 Å². The minimum Gasteiger partial charge on any atom is -0.497 e. The summed E-state index contributed by atoms with van der Waals surface area (Å²) < 4.78 is 14.1. The highest BCUT2D eigenvalue weighted by molar-refractivity contribution is 7.98. The molecule has 15 heteroatoms. The summed E-state index contributed by atoms with van der Waals surface area (Å²) in [5.41, 5.74) is 6.30. The van der Waals surface area contributed by atoms with Gasteiger partial charge in [0.2, 0.25) is 11.6 Å². The molecule has 0 aromatic heterocycles. The lowest BCUT2D eigenvalue weighted by Crippen LogP contribution is -3.61. The molecule has 10 heterocycles. The maximum absolute atomic E-state index is 11.8. The fraction of sp³-hybridized carbons (Fsp3) is 0.604. The predicted octanol–water partition coefficient (Wildman–Crippen LogP) is 18.8. The van der Waals surface area contributed by atoms with Crippen molar-refractivity contribution in [1.82, 2.24) is 29.4 Å². The Hall–Kier alpha value is -4.92. The number of benzene rings is 7. The number of methoxy groups -OCH3 is 1. The topological polar surface area (TPSA) is 75.3 Å². The SMILES string of the molecule is CCCCOc1ccc([S+]2CCCC2)c2ccccc12.CCCc1ccc([I+]c2ccc(C(C)(C)CC)cc2)cc1.CN1CCC(N2CCCC2)CC1.CN1CCC(N2CCCCC2)CC1.CN1CCC(N2CCCCC2)CC1.COc1ccc(N2CCCCC2)cc1.O=C(C[S+]1CCCC1)c1ccccc1.O=C(C[S+]1CCCC1)c1ccccc1. The van der Waals surface area contributed by atoms with Crippen LogP contribution in [0, 0.1) is 7.14 Å². The number of fused-ring (bicyclic) bond motifs is 1. The van der Waals surface area contributed by atoms with E-state index in [1.54, 1.807) is 12.0 Å². The van der Waals surface area contributed by atoms with Gasteiger partial charge in [-0.1, -0.05) is 163 Å². The molecule has 7 aromatic carbocycles. The van der Waals surface area contributed by atoms with Gasteiger partial charge in [0, 0.05) is 69.7 Å². The number of aryl methyl sites for hydroxylation is 1. The summed E-state index contributed by atoms with van der Waals surface area (Å²) in [5.74, 6) is 12.1. The van der Waals surface area contributed by atoms with Gasteiger partial charge in [-0.3, -0.25) is 9.59 Å². The number of anilines is 1. The standard InChI is InChI=1S/C20H26I.C18H23OS.C12H17NO.2C12H15OS.2C11H22N2.C10H20N2/c1-5-7-16-8-12-18(13-9-16)21-19-14-10-17(11-15-19)20(3,4)6-2;1-2-3-12-19-17-10-11-18(20-13-6-7-14-20)16-9-5-4-8-15(16)17;1-14-12-7-5-11(6-8-12)13-9-3-2-4-10-13;2*13-12(10-14-8-4-5-9-14)11-6-2-1-3-7-11;2*1-12-9-5-11(6-10-12)13-7-3-2-4-8-13;1-11-8-4-10(5-9-11)12-6-2-3-7-12/h8-15H,5-7H2,1-4H3;4-5,8-11H,2-3,6-7,12-14H2,1H3;5-8H,2-4,9-10H2,1H3;2*1-3,6-7H,4-5,8-10H2;2*11H,2-10H2,1H3;10H,2-9H2,1H3/q2*+1;;2*+1;;;. The molecule has 10 aliphatic heterocycles. The highest BCUT2D eigenvalue weighted by atomic mass is 127. The lowest BCUT2D eigenvalue weighted by molar-refractivity contribution is -0.597. The van der Waals surface area contributed by atoms with Gasteiger partial charge in [0.25, 0.3) is 0 Å². The average molecular weight is 1820 g/mol. The van der Waals surface area contributed by atoms with Crippen LogP contribution in [0.5, 0.6) is 11.5 Å². The Morgan fingerprint density at radius 3 is 1.22 bits per heavy atom. The number of rotatable bonds is 22. The number of halogens is 1. The minimum atomic E-state index is -0.0478. The van der Waals surface area contributed by atoms with Crippen molar-refractivity contribution in [2.75, 3.05) is 177 Å². The molecule has 121 heavy (non-hydrogen) atoms. The van der Waals surface area contributed by atoms with Crippen LogP contribution in [-0.4, -0.2) is 232 Å². The van der Waals surface area contributed by atoms with E-state index in [2.05, 4.69) is 187 Å². The molecule has 0 radical (unpaired) electrons. The van der Waals surface area contributed by atoms with Crippen molar-refractivity contribution in [3.8, 4) is 11.5 Å². The highest BCUT2D eigenvalue weighted by Crippen LogP contribution is 2.36. The zero-order valence-corrected chi connectivity index (χ0v) is 81.4. The van der Waals surface area contributed by atoms with Crippen LogP contribution in [0.4, 0.5) is 5.69 Å². The summed E-state index contributed by atoms with van der Waals surface area (Å²) >= 11 is -0.0478. The summed E-state index contributed by atoms with van der Waals surface area (Å²) in [5, 5.41) is 2.70. The number of piperidine rings is 6. The third-order valence-corrected chi connectivity index (χ3v) is 36.6. The van der Waals surface area contributed by atoms with Gasteiger partial charge in [0.05, 0.1) is 13.7 Å². The number of hydrogen-bond acceptors (Lipinski definition) is 11. The van der Waals surface area contributed by atoms with Gasteiger partial charge in [0.15, 0.2) is 23.5 Å². The Morgan fingerprint density at radius 2 is 0.810 bits per heavy atom. The van der Waals surface area contributed by atoms with E-state index >= 15 is 0 Å². The van der Waals surface area contributed by atoms with Crippen molar-refractivity contribution in [1.29, 1.82) is 0 Å². The number of hydrogen-bond donors (Lipinski definition) is 0. The summed E-state index contributed by atoms with van der Waals surface area (Å²) in [4.78, 5) is 43.2. The number of carbonyl (C=O) groups excluding carboxylic acids is 2. The molecule has 0 aliphatic carbocycles. The van der Waals surface area contributed by atoms with Crippen LogP contribution in [0.25, 0.3) is 10.8 Å². The molecule has 0 spiro atoms. The number of ether oxygens (including phenoxy) is 2. The second-order valence-corrected chi connectivity index (χ2v) is 46.2. The molecule has 10 saturated heterocycles. The molecule has 11 nitrogen and oxygen atoms in total. The fourth-order valence-electron chi connectivity index (χ4n) is 18.3. The Kier molecular flexibility index (Phi) is 45.2. The van der Waals surface area contributed by atoms with E-state index in [0.29, 0.717) is 49.7 Å². The molecule has 10 aliphatic rings. The van der Waals surface area contributed by atoms with Crippen molar-refractivity contribution in [2.24, 2.45) is 0 Å². The first kappa shape index (κ1) is 98.3. The van der Waals surface area contributed by atoms with Crippen LogP contribution in [0.1, 0.15) is 240 Å². The predicted molar refractivity (Wildman–Crippen MR) is 523 cm³/mol. The van der Waals surface area contributed by atoms with E-state index in [4.69, 9.17) is 9.47 Å². The Morgan fingerprint density at radius 1 is 0.413 bits per heavy atom. The van der Waals surface area contributed by atoms with E-state index in [-0.39, 0.29) is 21.2 Å². The molecule has 0 amide bonds. The third-order valence-electron chi connectivity index (χ3n) is 26.5. The molecule has 0 bridgehead atoms. The van der Waals surface area contributed by atoms with E-state index in [1.165, 1.54) is 334 Å². The van der Waals surface area contributed by atoms with Crippen LogP contribution < -0.4 is 35.6 Å². The number of unbranched alkanes of at least 4 members (excludes halogenated alkanes) is 1. The van der Waals surface area contributed by atoms with Gasteiger partial charge in [-0.25, -0.2) is 0 Å². The average Bonchev–Trinajstić information content (AvgIpc) is 1.74. The number of carbonyl (C=O) groups is 2. The van der Waals surface area contributed by atoms with E-state index in [0.717, 1.165) is 65.3 Å². The zero-order valence-electron chi connectivity index (χ0n) is 76.8. The number of ketones is 2. The van der Waals surface area contributed by atoms with Gasteiger partial charge in [-0.05, 0) is 359 Å². The lowest BCUT2D eigenvalue weighted by Gasteiger charge is -2.39. The Balaban J connectivity index is 0.000000146. The Labute approximate surface area is 755 Å². The molecule has 17 rings (SSSR count). The lowest BCUT2D eigenvalue weighted by atomic mass is 9.82. The number of Topliss-reactive ketones (excluding diaryl/α,β-unsaturated/α-hetero) is 2. The van der Waals surface area contributed by atoms with Crippen molar-refractivity contribution < 1.29 is 40.3 Å². The fourth-order valence-corrected chi connectivity index (χ4v) is 27.5. The highest BCUT2D eigenvalue weighted by Gasteiger charge is 2.33. The number of nitrogens with zero attached hydrogens (tertiary/aromatic N) is 7. The van der Waals surface area contributed by atoms with Crippen molar-refractivity contribution in [3.05, 3.63) is 199 Å². The van der Waals surface area contributed by atoms with Gasteiger partial charge in [-0.2, -0.15) is 0 Å². The maximum Gasteiger partial charge on any atom is 0.357 e. The number of likely N-dealkylation sites (tertiary alicyclic amines) is 6. The van der Waals surface area contributed by atoms with Gasteiger partial charge >= 0.3 is 21.2 Å². The van der Waals surface area contributed by atoms with Crippen LogP contribution in [0.15, 0.2) is 175 Å². The van der Waals surface area contributed by atoms with Crippen LogP contribution in [0.3, 0.4) is 0 Å². The van der Waals surface area contributed by atoms with Crippen LogP contribution in [-0.2, 0) is 44.5 Å². The second-order valence-electron chi connectivity index (χ2n) is 36.2. The Bertz CT molecular complexity index is 3800. The summed E-state index contributed by atoms with van der Waals surface area (Å²) in [6.45, 7) is 30.6. The molecule has 0 saturated carbocycles. The summed E-state index contributed by atoms with van der Waals surface area (Å²) in [6.07, 6.45) is 38.0. The minimum absolute atomic E-state index is 0.0478. The van der Waals surface area contributed by atoms with Crippen molar-refractivity contribution >= 4 is 60.7 Å². The first-order valence-electron chi connectivity index (χ1n) is 47.9. The van der Waals surface area contributed by atoms with Gasteiger partial charge in [-0.15, -0.1) is 0 Å². The third kappa shape index (κ3) is 34.6. The van der Waals surface area contributed by atoms with Gasteiger partial charge in [0.1, 0.15) is 46.0 Å². The second kappa shape index (κ2) is 55.6. The smallest absolute Gasteiger partial charge is 0.357 e. The van der Waals surface area contributed by atoms with Crippen molar-refractivity contribution in [3.63, 3.8) is 0 Å². The molecule has 0 N–H and O–H groups in total. The quantitative estimate of drug-likeness (QED) is 0.0282. The van der Waals surface area contributed by atoms with Crippen molar-refractivity contribution in [2.45, 2.75) is 243 Å². The largest absolute Gasteiger partial charge is 0.497 e. The zero-order chi connectivity index (χ0) is 85.1. The summed E-state index contributed by atoms with van der Waals surface area (Å²) in [7, 11) is 9.67. The molecule has 0 unspecified atom stereocenters.